The molecule has 1 heterocycles. The topological polar surface area (TPSA) is 59.9 Å². The monoisotopic (exact) mass is 398 g/mol. The van der Waals surface area contributed by atoms with E-state index in [1.54, 1.807) is 6.07 Å². The zero-order valence-electron chi connectivity index (χ0n) is 16.3. The highest BCUT2D eigenvalue weighted by Gasteiger charge is 2.34. The van der Waals surface area contributed by atoms with Crippen molar-refractivity contribution >= 4 is 5.96 Å². The van der Waals surface area contributed by atoms with E-state index in [0.29, 0.717) is 38.6 Å². The smallest absolute Gasteiger partial charge is 0.401 e. The molecule has 1 unspecified atom stereocenters. The number of alkyl halides is 3. The van der Waals surface area contributed by atoms with Crippen molar-refractivity contribution in [3.05, 3.63) is 28.8 Å². The number of hydrogen-bond acceptors (Lipinski definition) is 3. The molecule has 5 nitrogen and oxygen atoms in total. The van der Waals surface area contributed by atoms with Gasteiger partial charge in [-0.2, -0.15) is 13.2 Å². The number of phenolic OH excluding ortho intramolecular Hbond substituents is 1. The van der Waals surface area contributed by atoms with Gasteiger partial charge in [0.05, 0.1) is 13.1 Å². The third-order valence-corrected chi connectivity index (χ3v) is 5.38. The van der Waals surface area contributed by atoms with Crippen LogP contribution in [0.4, 0.5) is 13.2 Å². The average Bonchev–Trinajstić information content (AvgIpc) is 3.06. The first kappa shape index (κ1) is 20.8. The average molecular weight is 398 g/mol. The van der Waals surface area contributed by atoms with Crippen molar-refractivity contribution in [2.75, 3.05) is 26.2 Å². The van der Waals surface area contributed by atoms with Crippen LogP contribution in [0.3, 0.4) is 0 Å². The Kier molecular flexibility index (Phi) is 6.69. The number of fused-ring (bicyclic) bond motifs is 1. The quantitative estimate of drug-likeness (QED) is 0.527. The molecule has 1 aromatic carbocycles. The summed E-state index contributed by atoms with van der Waals surface area (Å²) in [5, 5.41) is 16.7. The van der Waals surface area contributed by atoms with Crippen LogP contribution in [0.25, 0.3) is 0 Å². The number of benzene rings is 1. The van der Waals surface area contributed by atoms with Crippen LogP contribution in [-0.4, -0.2) is 54.4 Å². The maximum atomic E-state index is 12.6. The minimum Gasteiger partial charge on any atom is -0.508 e. The molecule has 3 rings (SSSR count). The Morgan fingerprint density at radius 3 is 2.82 bits per heavy atom. The minimum atomic E-state index is -4.17. The first-order valence-corrected chi connectivity index (χ1v) is 10.0. The largest absolute Gasteiger partial charge is 0.508 e. The number of phenols is 1. The van der Waals surface area contributed by atoms with Gasteiger partial charge >= 0.3 is 6.18 Å². The lowest BCUT2D eigenvalue weighted by Gasteiger charge is -2.21. The first-order chi connectivity index (χ1) is 13.4. The summed E-state index contributed by atoms with van der Waals surface area (Å²) in [5.74, 6) is 0.839. The van der Waals surface area contributed by atoms with E-state index in [0.717, 1.165) is 24.8 Å². The number of guanidine groups is 1. The number of likely N-dealkylation sites (tertiary alicyclic amines) is 1. The summed E-state index contributed by atoms with van der Waals surface area (Å²) in [6.45, 7) is 2.85. The first-order valence-electron chi connectivity index (χ1n) is 10.0. The van der Waals surface area contributed by atoms with E-state index < -0.39 is 12.7 Å². The molecule has 8 heteroatoms. The van der Waals surface area contributed by atoms with Gasteiger partial charge in [0.2, 0.25) is 0 Å². The summed E-state index contributed by atoms with van der Waals surface area (Å²) in [6, 6.07) is 3.66. The van der Waals surface area contributed by atoms with Crippen molar-refractivity contribution in [1.29, 1.82) is 0 Å². The molecule has 0 radical (unpaired) electrons. The fourth-order valence-corrected chi connectivity index (χ4v) is 4.09. The molecule has 1 aromatic rings. The lowest BCUT2D eigenvalue weighted by Crippen LogP contribution is -2.45. The fourth-order valence-electron chi connectivity index (χ4n) is 4.09. The van der Waals surface area contributed by atoms with Crippen molar-refractivity contribution in [2.24, 2.45) is 4.99 Å². The van der Waals surface area contributed by atoms with Gasteiger partial charge in [0, 0.05) is 31.2 Å². The SMILES string of the molecule is CCNC(=NCc1c(O)ccc2c1CCCC2)NC1CCN(CC(F)(F)F)C1. The van der Waals surface area contributed by atoms with Gasteiger partial charge in [-0.3, -0.25) is 4.90 Å². The van der Waals surface area contributed by atoms with E-state index in [2.05, 4.69) is 15.6 Å². The molecular weight excluding hydrogens is 369 g/mol. The molecule has 1 aliphatic heterocycles. The molecule has 156 valence electrons. The Morgan fingerprint density at radius 1 is 1.29 bits per heavy atom. The van der Waals surface area contributed by atoms with Crippen LogP contribution in [0, 0.1) is 0 Å². The van der Waals surface area contributed by atoms with Crippen LogP contribution >= 0.6 is 0 Å². The summed E-state index contributed by atoms with van der Waals surface area (Å²) in [7, 11) is 0. The zero-order valence-corrected chi connectivity index (χ0v) is 16.3. The molecule has 0 bridgehead atoms. The van der Waals surface area contributed by atoms with Gasteiger partial charge in [0.25, 0.3) is 0 Å². The number of nitrogens with zero attached hydrogens (tertiary/aromatic N) is 2. The Labute approximate surface area is 164 Å². The summed E-state index contributed by atoms with van der Waals surface area (Å²) in [4.78, 5) is 6.03. The van der Waals surface area contributed by atoms with Gasteiger partial charge in [-0.15, -0.1) is 0 Å². The summed E-state index contributed by atoms with van der Waals surface area (Å²) in [5.41, 5.74) is 3.34. The molecule has 2 aliphatic rings. The van der Waals surface area contributed by atoms with E-state index >= 15 is 0 Å². The molecular formula is C20H29F3N4O. The fraction of sp³-hybridized carbons (Fsp3) is 0.650. The Morgan fingerprint density at radius 2 is 2.07 bits per heavy atom. The van der Waals surface area contributed by atoms with Crippen molar-refractivity contribution in [2.45, 2.75) is 57.8 Å². The van der Waals surface area contributed by atoms with E-state index in [1.165, 1.54) is 22.4 Å². The van der Waals surface area contributed by atoms with E-state index in [1.807, 2.05) is 13.0 Å². The summed E-state index contributed by atoms with van der Waals surface area (Å²) < 4.78 is 37.7. The molecule has 0 saturated carbocycles. The van der Waals surface area contributed by atoms with E-state index in [-0.39, 0.29) is 11.8 Å². The highest BCUT2D eigenvalue weighted by Crippen LogP contribution is 2.31. The molecule has 0 amide bonds. The van der Waals surface area contributed by atoms with Crippen molar-refractivity contribution in [1.82, 2.24) is 15.5 Å². The maximum Gasteiger partial charge on any atom is 0.401 e. The van der Waals surface area contributed by atoms with Crippen LogP contribution < -0.4 is 10.6 Å². The summed E-state index contributed by atoms with van der Waals surface area (Å²) >= 11 is 0. The second kappa shape index (κ2) is 9.03. The Bertz CT molecular complexity index is 705. The predicted molar refractivity (Wildman–Crippen MR) is 104 cm³/mol. The van der Waals surface area contributed by atoms with Crippen LogP contribution in [0.1, 0.15) is 42.9 Å². The molecule has 28 heavy (non-hydrogen) atoms. The molecule has 1 aliphatic carbocycles. The highest BCUT2D eigenvalue weighted by molar-refractivity contribution is 5.80. The molecule has 0 aromatic heterocycles. The molecule has 1 atom stereocenters. The van der Waals surface area contributed by atoms with Gasteiger partial charge in [0.1, 0.15) is 5.75 Å². The van der Waals surface area contributed by atoms with Crippen LogP contribution in [0.15, 0.2) is 17.1 Å². The van der Waals surface area contributed by atoms with Crippen LogP contribution in [0.2, 0.25) is 0 Å². The molecule has 3 N–H and O–H groups in total. The van der Waals surface area contributed by atoms with Gasteiger partial charge < -0.3 is 15.7 Å². The van der Waals surface area contributed by atoms with Gasteiger partial charge in [-0.25, -0.2) is 4.99 Å². The molecule has 1 fully saturated rings. The van der Waals surface area contributed by atoms with Crippen LogP contribution in [0.5, 0.6) is 5.75 Å². The van der Waals surface area contributed by atoms with Crippen molar-refractivity contribution in [3.63, 3.8) is 0 Å². The van der Waals surface area contributed by atoms with Crippen molar-refractivity contribution < 1.29 is 18.3 Å². The van der Waals surface area contributed by atoms with Gasteiger partial charge in [-0.1, -0.05) is 6.07 Å². The maximum absolute atomic E-state index is 12.6. The number of nitrogens with one attached hydrogen (secondary N) is 2. The normalized spacial score (nSPS) is 20.9. The standard InChI is InChI=1S/C20H29F3N4O/c1-2-24-19(26-15-9-10-27(12-15)13-20(21,22)23)25-11-17-16-6-4-3-5-14(16)7-8-18(17)28/h7-8,15,28H,2-6,9-13H2,1H3,(H2,24,25,26). The number of hydrogen-bond donors (Lipinski definition) is 3. The van der Waals surface area contributed by atoms with E-state index in [4.69, 9.17) is 0 Å². The van der Waals surface area contributed by atoms with Crippen molar-refractivity contribution in [3.8, 4) is 5.75 Å². The predicted octanol–water partition coefficient (Wildman–Crippen LogP) is 2.96. The number of aliphatic imine (C=N–C) groups is 1. The third-order valence-electron chi connectivity index (χ3n) is 5.38. The highest BCUT2D eigenvalue weighted by atomic mass is 19.4. The number of rotatable bonds is 5. The number of halogens is 3. The lowest BCUT2D eigenvalue weighted by atomic mass is 9.88. The Hall–Kier alpha value is -1.96. The second-order valence-electron chi connectivity index (χ2n) is 7.58. The number of aromatic hydroxyl groups is 1. The molecule has 0 spiro atoms. The van der Waals surface area contributed by atoms with E-state index in [9.17, 15) is 18.3 Å². The minimum absolute atomic E-state index is 0.0709. The van der Waals surface area contributed by atoms with Crippen LogP contribution in [-0.2, 0) is 19.4 Å². The third kappa shape index (κ3) is 5.53. The van der Waals surface area contributed by atoms with Gasteiger partial charge in [0.15, 0.2) is 5.96 Å². The second-order valence-corrected chi connectivity index (χ2v) is 7.58. The zero-order chi connectivity index (χ0) is 20.1. The Balaban J connectivity index is 1.66. The molecule has 1 saturated heterocycles. The summed E-state index contributed by atoms with van der Waals surface area (Å²) in [6.07, 6.45) is 0.739. The van der Waals surface area contributed by atoms with Gasteiger partial charge in [-0.05, 0) is 56.2 Å². The number of aryl methyl sites for hydroxylation is 1. The lowest BCUT2D eigenvalue weighted by molar-refractivity contribution is -0.143.